The molecule has 0 radical (unpaired) electrons. The number of nitro groups is 3. The van der Waals surface area contributed by atoms with Gasteiger partial charge in [0.25, 0.3) is 17.1 Å². The highest BCUT2D eigenvalue weighted by Crippen LogP contribution is 2.29. The number of nitrogens with one attached hydrogen (secondary N) is 6. The van der Waals surface area contributed by atoms with Crippen molar-refractivity contribution in [3.8, 4) is 17.2 Å². The van der Waals surface area contributed by atoms with Crippen LogP contribution < -0.4 is 31.9 Å². The van der Waals surface area contributed by atoms with E-state index in [-0.39, 0.29) is 64.8 Å². The molecule has 6 amide bonds. The van der Waals surface area contributed by atoms with Gasteiger partial charge in [0.1, 0.15) is 17.2 Å². The van der Waals surface area contributed by atoms with Gasteiger partial charge in [0, 0.05) is 36.3 Å². The Balaban J connectivity index is 0.000000432. The summed E-state index contributed by atoms with van der Waals surface area (Å²) in [6, 6.07) is 8.51. The Morgan fingerprint density at radius 2 is 1.04 bits per heavy atom. The number of benzene rings is 3. The molecule has 0 aliphatic rings. The summed E-state index contributed by atoms with van der Waals surface area (Å²) in [5, 5.41) is 74.8. The molecule has 3 aromatic carbocycles. The van der Waals surface area contributed by atoms with E-state index in [2.05, 4.69) is 31.9 Å². The number of nitro benzene ring substituents is 3. The van der Waals surface area contributed by atoms with Gasteiger partial charge in [0.05, 0.1) is 62.6 Å². The average molecular weight is 804 g/mol. The van der Waals surface area contributed by atoms with Crippen molar-refractivity contribution in [3.05, 3.63) is 84.9 Å². The van der Waals surface area contributed by atoms with Crippen molar-refractivity contribution in [2.75, 3.05) is 29.1 Å². The van der Waals surface area contributed by atoms with E-state index in [1.807, 2.05) is 20.8 Å². The van der Waals surface area contributed by atoms with Crippen molar-refractivity contribution in [1.29, 1.82) is 0 Å². The third-order valence-corrected chi connectivity index (χ3v) is 6.49. The molecule has 0 aliphatic heterocycles. The number of carbonyl (C=O) groups excluding carboxylic acids is 4. The molecule has 1 atom stereocenters. The number of carbonyl (C=O) groups is 4. The number of aromatic hydroxyl groups is 3. The lowest BCUT2D eigenvalue weighted by atomic mass is 10.1. The first-order valence-electron chi connectivity index (χ1n) is 16.7. The number of anilines is 3. The highest BCUT2D eigenvalue weighted by atomic mass is 16.6. The normalized spacial score (nSPS) is 10.8. The molecule has 0 saturated carbocycles. The summed E-state index contributed by atoms with van der Waals surface area (Å²) in [7, 11) is 0. The monoisotopic (exact) mass is 803 g/mol. The molecule has 310 valence electrons. The Kier molecular flexibility index (Phi) is 18.4. The van der Waals surface area contributed by atoms with Gasteiger partial charge in [-0.05, 0) is 59.7 Å². The first kappa shape index (κ1) is 47.6. The van der Waals surface area contributed by atoms with Gasteiger partial charge in [-0.15, -0.1) is 0 Å². The summed E-state index contributed by atoms with van der Waals surface area (Å²) in [6.07, 6.45) is 0. The van der Waals surface area contributed by atoms with Gasteiger partial charge in [-0.2, -0.15) is 0 Å². The van der Waals surface area contributed by atoms with E-state index < -0.39 is 56.0 Å². The van der Waals surface area contributed by atoms with Crippen molar-refractivity contribution in [3.63, 3.8) is 0 Å². The van der Waals surface area contributed by atoms with E-state index in [1.54, 1.807) is 27.7 Å². The number of esters is 1. The van der Waals surface area contributed by atoms with Gasteiger partial charge >= 0.3 is 24.1 Å². The smallest absolute Gasteiger partial charge is 0.319 e. The largest absolute Gasteiger partial charge is 0.506 e. The maximum atomic E-state index is 11.6. The lowest BCUT2D eigenvalue weighted by Gasteiger charge is -2.20. The number of hydrogen-bond donors (Lipinski definition) is 9. The van der Waals surface area contributed by atoms with E-state index in [0.717, 1.165) is 24.3 Å². The molecular weight excluding hydrogens is 758 g/mol. The Hall–Kier alpha value is -7.46. The quantitative estimate of drug-likeness (QED) is 0.0488. The Bertz CT molecular complexity index is 1930. The minimum atomic E-state index is -0.662. The maximum Gasteiger partial charge on any atom is 0.319 e. The first-order valence-corrected chi connectivity index (χ1v) is 16.7. The van der Waals surface area contributed by atoms with Crippen LogP contribution in [-0.4, -0.2) is 78.9 Å². The van der Waals surface area contributed by atoms with E-state index in [0.29, 0.717) is 0 Å². The maximum absolute atomic E-state index is 11.6. The van der Waals surface area contributed by atoms with Crippen LogP contribution in [0.3, 0.4) is 0 Å². The fraction of sp³-hybridized carbons (Fsp3) is 0.353. The molecule has 23 heteroatoms. The predicted octanol–water partition coefficient (Wildman–Crippen LogP) is 5.67. The Morgan fingerprint density at radius 3 is 1.35 bits per heavy atom. The lowest BCUT2D eigenvalue weighted by Crippen LogP contribution is -2.43. The van der Waals surface area contributed by atoms with Crippen LogP contribution in [0, 0.1) is 36.3 Å². The molecule has 0 saturated heterocycles. The van der Waals surface area contributed by atoms with E-state index in [1.165, 1.54) is 30.3 Å². The molecule has 1 unspecified atom stereocenters. The first-order chi connectivity index (χ1) is 26.4. The van der Waals surface area contributed by atoms with Crippen molar-refractivity contribution in [2.45, 2.75) is 60.0 Å². The van der Waals surface area contributed by atoms with E-state index >= 15 is 0 Å². The number of phenolic OH excluding ortho intramolecular Hbond substituents is 3. The van der Waals surface area contributed by atoms with Crippen LogP contribution in [0.25, 0.3) is 0 Å². The highest BCUT2D eigenvalue weighted by Gasteiger charge is 2.18. The van der Waals surface area contributed by atoms with Crippen LogP contribution in [0.15, 0.2) is 54.6 Å². The van der Waals surface area contributed by atoms with Gasteiger partial charge in [0.2, 0.25) is 0 Å². The minimum absolute atomic E-state index is 0.0203. The average Bonchev–Trinajstić information content (AvgIpc) is 3.09. The number of nitrogens with zero attached hydrogens (tertiary/aromatic N) is 3. The number of ether oxygens (including phenoxy) is 1. The number of hydrogen-bond acceptors (Lipinski definition) is 14. The van der Waals surface area contributed by atoms with Crippen LogP contribution in [0.1, 0.15) is 48.5 Å². The second-order valence-electron chi connectivity index (χ2n) is 12.9. The van der Waals surface area contributed by atoms with E-state index in [4.69, 9.17) is 4.74 Å². The van der Waals surface area contributed by atoms with Gasteiger partial charge in [-0.1, -0.05) is 6.92 Å². The van der Waals surface area contributed by atoms with Gasteiger partial charge in [-0.3, -0.25) is 35.1 Å². The summed E-state index contributed by atoms with van der Waals surface area (Å²) in [4.78, 5) is 75.4. The molecule has 0 spiro atoms. The Labute approximate surface area is 325 Å². The summed E-state index contributed by atoms with van der Waals surface area (Å²) in [6.45, 7) is 12.6. The second-order valence-corrected chi connectivity index (χ2v) is 12.9. The topological polar surface area (TPSA) is 340 Å². The zero-order valence-corrected chi connectivity index (χ0v) is 31.9. The van der Waals surface area contributed by atoms with Crippen LogP contribution in [0.2, 0.25) is 0 Å². The number of urea groups is 3. The molecule has 57 heavy (non-hydrogen) atoms. The van der Waals surface area contributed by atoms with Gasteiger partial charge < -0.3 is 52.0 Å². The van der Waals surface area contributed by atoms with Gasteiger partial charge in [-0.25, -0.2) is 14.4 Å². The SMILES string of the molecule is CC(C)(C)NC(=O)Nc1ccc([N+](=O)[O-])cc1O.CC(C)NC(=O)Nc1ccc([N+](=O)[O-])cc1O.CCOC(=O)C(C)CNC(=O)Nc1ccc([N+](=O)[O-])cc1O. The van der Waals surface area contributed by atoms with Crippen molar-refractivity contribution in [1.82, 2.24) is 16.0 Å². The van der Waals surface area contributed by atoms with Crippen molar-refractivity contribution < 1.29 is 54.0 Å². The summed E-state index contributed by atoms with van der Waals surface area (Å²) in [5.74, 6) is -2.08. The fourth-order valence-corrected chi connectivity index (χ4v) is 3.91. The van der Waals surface area contributed by atoms with Crippen molar-refractivity contribution in [2.24, 2.45) is 5.92 Å². The molecule has 23 nitrogen and oxygen atoms in total. The molecule has 3 aromatic rings. The standard InChI is InChI=1S/C13H17N3O6.C11H15N3O4.C10H13N3O4/c1-3-22-12(18)8(2)7-14-13(19)15-10-5-4-9(16(20)21)6-11(10)17;1-11(2,3)13-10(16)12-8-5-4-7(14(17)18)6-9(8)15;1-6(2)11-10(15)12-8-4-3-7(13(16)17)5-9(8)14/h4-6,8,17H,3,7H2,1-2H3,(H2,14,15,19);4-6,15H,1-3H3,(H2,12,13,16);3-6,14H,1-2H3,(H2,11,12,15). The molecule has 0 bridgehead atoms. The summed E-state index contributed by atoms with van der Waals surface area (Å²) < 4.78 is 4.79. The minimum Gasteiger partial charge on any atom is -0.506 e. The number of rotatable bonds is 11. The predicted molar refractivity (Wildman–Crippen MR) is 206 cm³/mol. The third-order valence-electron chi connectivity index (χ3n) is 6.49. The zero-order chi connectivity index (χ0) is 43.6. The third kappa shape index (κ3) is 17.9. The summed E-state index contributed by atoms with van der Waals surface area (Å²) >= 11 is 0. The molecular formula is C34H45N9O14. The molecule has 0 fully saturated rings. The van der Waals surface area contributed by atoms with Crippen LogP contribution in [0.4, 0.5) is 48.5 Å². The van der Waals surface area contributed by atoms with Crippen LogP contribution in [0.5, 0.6) is 17.2 Å². The number of phenols is 3. The highest BCUT2D eigenvalue weighted by molar-refractivity contribution is 5.92. The van der Waals surface area contributed by atoms with E-state index in [9.17, 15) is 64.8 Å². The lowest BCUT2D eigenvalue weighted by molar-refractivity contribution is -0.385. The van der Waals surface area contributed by atoms with Crippen LogP contribution >= 0.6 is 0 Å². The number of amides is 6. The second kappa shape index (κ2) is 22.0. The molecule has 0 aliphatic carbocycles. The van der Waals surface area contributed by atoms with Crippen molar-refractivity contribution >= 4 is 58.2 Å². The van der Waals surface area contributed by atoms with Crippen LogP contribution in [-0.2, 0) is 9.53 Å². The molecule has 0 heterocycles. The zero-order valence-electron chi connectivity index (χ0n) is 31.9. The number of non-ortho nitro benzene ring substituents is 3. The summed E-state index contributed by atoms with van der Waals surface area (Å²) in [5.41, 5.74) is -0.936. The molecule has 3 rings (SSSR count). The van der Waals surface area contributed by atoms with Gasteiger partial charge in [0.15, 0.2) is 0 Å². The molecule has 0 aromatic heterocycles. The fourth-order valence-electron chi connectivity index (χ4n) is 3.91. The molecule has 9 N–H and O–H groups in total. The Morgan fingerprint density at radius 1 is 0.667 bits per heavy atom.